The quantitative estimate of drug-likeness (QED) is 0.319. The number of nitrogens with one attached hydrogen (secondary N) is 1. The second-order valence-corrected chi connectivity index (χ2v) is 10.5. The van der Waals surface area contributed by atoms with Crippen molar-refractivity contribution >= 4 is 27.4 Å². The number of hydrogen-bond acceptors (Lipinski definition) is 4. The summed E-state index contributed by atoms with van der Waals surface area (Å²) in [5.41, 5.74) is 9.57. The normalized spacial score (nSPS) is 21.7. The van der Waals surface area contributed by atoms with Crippen LogP contribution in [0.4, 0.5) is 0 Å². The van der Waals surface area contributed by atoms with E-state index >= 15 is 0 Å². The molecule has 0 radical (unpaired) electrons. The second-order valence-electron chi connectivity index (χ2n) is 8.07. The van der Waals surface area contributed by atoms with Crippen LogP contribution in [-0.2, 0) is 0 Å². The number of carbonyl (C=O) groups is 1. The summed E-state index contributed by atoms with van der Waals surface area (Å²) in [5, 5.41) is 0.596. The molecule has 2 aromatic heterocycles. The van der Waals surface area contributed by atoms with Gasteiger partial charge in [-0.2, -0.15) is 10.6 Å². The first-order valence-corrected chi connectivity index (χ1v) is 12.0. The highest BCUT2D eigenvalue weighted by Gasteiger charge is 2.36. The van der Waals surface area contributed by atoms with Crippen LogP contribution in [0.2, 0.25) is 0 Å². The van der Waals surface area contributed by atoms with Crippen molar-refractivity contribution in [3.8, 4) is 11.3 Å². The number of aromatic nitrogens is 1. The van der Waals surface area contributed by atoms with Crippen LogP contribution in [0.1, 0.15) is 45.5 Å². The van der Waals surface area contributed by atoms with Crippen molar-refractivity contribution in [1.29, 1.82) is 0 Å². The van der Waals surface area contributed by atoms with Crippen molar-refractivity contribution < 1.29 is 18.3 Å². The molecule has 1 amide bonds. The van der Waals surface area contributed by atoms with Gasteiger partial charge in [0.25, 0.3) is 5.91 Å². The lowest BCUT2D eigenvalue weighted by Crippen LogP contribution is -2.23. The topological polar surface area (TPSA) is 112 Å². The summed E-state index contributed by atoms with van der Waals surface area (Å²) in [7, 11) is -2.72. The molecule has 0 bridgehead atoms. The van der Waals surface area contributed by atoms with Crippen LogP contribution < -0.4 is 5.73 Å². The van der Waals surface area contributed by atoms with E-state index in [4.69, 9.17) is 10.2 Å². The van der Waals surface area contributed by atoms with Crippen LogP contribution >= 0.6 is 10.6 Å². The van der Waals surface area contributed by atoms with Crippen molar-refractivity contribution in [2.24, 2.45) is 5.73 Å². The highest BCUT2D eigenvalue weighted by molar-refractivity contribution is 8.24. The molecule has 160 valence electrons. The van der Waals surface area contributed by atoms with Gasteiger partial charge in [0.05, 0.1) is 22.6 Å². The molecule has 31 heavy (non-hydrogen) atoms. The number of furan rings is 1. The third kappa shape index (κ3) is 3.54. The smallest absolute Gasteiger partial charge is 0.250 e. The summed E-state index contributed by atoms with van der Waals surface area (Å²) in [6.07, 6.45) is 4.80. The second kappa shape index (κ2) is 7.60. The van der Waals surface area contributed by atoms with E-state index in [-0.39, 0.29) is 11.2 Å². The fourth-order valence-electron chi connectivity index (χ4n) is 4.66. The van der Waals surface area contributed by atoms with Crippen molar-refractivity contribution in [3.05, 3.63) is 83.7 Å². The van der Waals surface area contributed by atoms with Gasteiger partial charge in [-0.25, -0.2) is 0 Å². The minimum absolute atomic E-state index is 0.117. The lowest BCUT2D eigenvalue weighted by Gasteiger charge is -2.46. The molecule has 2 atom stereocenters. The Morgan fingerprint density at radius 3 is 2.65 bits per heavy atom. The van der Waals surface area contributed by atoms with E-state index in [9.17, 15) is 13.9 Å². The Morgan fingerprint density at radius 2 is 1.94 bits per heavy atom. The molecule has 5 rings (SSSR count). The van der Waals surface area contributed by atoms with Crippen molar-refractivity contribution in [2.45, 2.75) is 24.0 Å². The minimum Gasteiger partial charge on any atom is -0.464 e. The molecule has 5 N–H and O–H groups in total. The maximum Gasteiger partial charge on any atom is 0.250 e. The molecule has 2 aromatic carbocycles. The summed E-state index contributed by atoms with van der Waals surface area (Å²) in [4.78, 5) is 15.4. The molecule has 1 fully saturated rings. The third-order valence-corrected chi connectivity index (χ3v) is 8.44. The van der Waals surface area contributed by atoms with Gasteiger partial charge >= 0.3 is 0 Å². The first-order chi connectivity index (χ1) is 14.9. The highest BCUT2D eigenvalue weighted by atomic mass is 32.3. The maximum atomic E-state index is 12.2. The summed E-state index contributed by atoms with van der Waals surface area (Å²) in [6.45, 7) is 0. The Morgan fingerprint density at radius 1 is 1.13 bits per heavy atom. The lowest BCUT2D eigenvalue weighted by atomic mass is 9.88. The third-order valence-electron chi connectivity index (χ3n) is 6.22. The van der Waals surface area contributed by atoms with Crippen LogP contribution in [0.15, 0.2) is 71.5 Å². The number of aromatic amines is 1. The van der Waals surface area contributed by atoms with Gasteiger partial charge < -0.3 is 15.1 Å². The summed E-state index contributed by atoms with van der Waals surface area (Å²) < 4.78 is 27.1. The number of nitrogens with two attached hydrogens (primary N) is 1. The van der Waals surface area contributed by atoms with Gasteiger partial charge in [-0.05, 0) is 54.2 Å². The molecular formula is C24H24N2O4S. The lowest BCUT2D eigenvalue weighted by molar-refractivity contribution is 0.100. The van der Waals surface area contributed by atoms with Crippen LogP contribution in [0, 0.1) is 0 Å². The van der Waals surface area contributed by atoms with E-state index in [1.54, 1.807) is 18.4 Å². The molecular weight excluding hydrogens is 412 g/mol. The summed E-state index contributed by atoms with van der Waals surface area (Å²) >= 11 is 0. The molecule has 6 nitrogen and oxygen atoms in total. The summed E-state index contributed by atoms with van der Waals surface area (Å²) in [6, 6.07) is 17.1. The van der Waals surface area contributed by atoms with E-state index in [1.165, 1.54) is 0 Å². The van der Waals surface area contributed by atoms with E-state index in [0.29, 0.717) is 35.4 Å². The standard InChI is InChI=1S/C24H24N2O4S/c25-24(27)19-12-17(21-7-4-9-30-21)11-18-20(14-26-23(18)19)16-8-10-31(28,29)22(13-16)15-5-2-1-3-6-15/h1-7,9,11-12,14,16,22,26,28-29H,8,10,13H2,(H2,25,27)/t16-,22+/m1/s1. The number of benzene rings is 2. The first kappa shape index (κ1) is 19.9. The zero-order chi connectivity index (χ0) is 21.6. The Bertz CT molecular complexity index is 1230. The predicted octanol–water partition coefficient (Wildman–Crippen LogP) is 5.90. The number of hydrogen-bond donors (Lipinski definition) is 4. The average Bonchev–Trinajstić information content (AvgIpc) is 3.44. The number of primary amides is 1. The highest BCUT2D eigenvalue weighted by Crippen LogP contribution is 2.62. The molecule has 1 aliphatic heterocycles. The van der Waals surface area contributed by atoms with Gasteiger partial charge in [-0.1, -0.05) is 30.3 Å². The molecule has 1 saturated heterocycles. The fraction of sp³-hybridized carbons (Fsp3) is 0.208. The van der Waals surface area contributed by atoms with E-state index in [2.05, 4.69) is 4.98 Å². The van der Waals surface area contributed by atoms with Crippen LogP contribution in [0.25, 0.3) is 22.2 Å². The fourth-order valence-corrected chi connectivity index (χ4v) is 6.71. The Hall–Kier alpha value is -3.00. The van der Waals surface area contributed by atoms with E-state index in [1.807, 2.05) is 48.7 Å². The molecule has 0 spiro atoms. The average molecular weight is 437 g/mol. The molecule has 3 heterocycles. The van der Waals surface area contributed by atoms with E-state index in [0.717, 1.165) is 22.1 Å². The van der Waals surface area contributed by atoms with Gasteiger partial charge in [0, 0.05) is 22.9 Å². The Labute approximate surface area is 181 Å². The Kier molecular flexibility index (Phi) is 4.89. The number of carbonyl (C=O) groups excluding carboxylic acids is 1. The SMILES string of the molecule is NC(=O)c1cc(-c2ccco2)cc2c([C@@H]3CCS(O)(O)[C@H](c4ccccc4)C3)c[nH]c12. The van der Waals surface area contributed by atoms with E-state index < -0.39 is 16.5 Å². The monoisotopic (exact) mass is 436 g/mol. The number of rotatable bonds is 4. The molecule has 1 aliphatic rings. The van der Waals surface area contributed by atoms with Gasteiger partial charge in [-0.3, -0.25) is 13.9 Å². The van der Waals surface area contributed by atoms with Crippen LogP contribution in [-0.4, -0.2) is 25.7 Å². The Balaban J connectivity index is 1.59. The van der Waals surface area contributed by atoms with Crippen LogP contribution in [0.5, 0.6) is 0 Å². The van der Waals surface area contributed by atoms with Crippen molar-refractivity contribution in [3.63, 3.8) is 0 Å². The predicted molar refractivity (Wildman–Crippen MR) is 123 cm³/mol. The van der Waals surface area contributed by atoms with Crippen molar-refractivity contribution in [1.82, 2.24) is 4.98 Å². The van der Waals surface area contributed by atoms with Crippen LogP contribution in [0.3, 0.4) is 0 Å². The zero-order valence-corrected chi connectivity index (χ0v) is 17.6. The molecule has 0 saturated carbocycles. The minimum atomic E-state index is -2.72. The largest absolute Gasteiger partial charge is 0.464 e. The molecule has 0 unspecified atom stereocenters. The van der Waals surface area contributed by atoms with Crippen molar-refractivity contribution in [2.75, 3.05) is 5.75 Å². The van der Waals surface area contributed by atoms with Gasteiger partial charge in [-0.15, -0.1) is 0 Å². The maximum absolute atomic E-state index is 12.2. The van der Waals surface area contributed by atoms with Gasteiger partial charge in [0.15, 0.2) is 0 Å². The summed E-state index contributed by atoms with van der Waals surface area (Å²) in [5.74, 6) is 0.625. The number of H-pyrrole nitrogens is 1. The van der Waals surface area contributed by atoms with Gasteiger partial charge in [0.1, 0.15) is 5.76 Å². The zero-order valence-electron chi connectivity index (χ0n) is 16.8. The number of amides is 1. The number of fused-ring (bicyclic) bond motifs is 1. The first-order valence-electron chi connectivity index (χ1n) is 10.2. The molecule has 7 heteroatoms. The van der Waals surface area contributed by atoms with Gasteiger partial charge in [0.2, 0.25) is 0 Å². The molecule has 0 aliphatic carbocycles. The molecule has 4 aromatic rings.